The smallest absolute Gasteiger partial charge is 0.130 e. The maximum Gasteiger partial charge on any atom is 0.130 e. The number of rotatable bonds is 3. The van der Waals surface area contributed by atoms with Gasteiger partial charge in [0, 0.05) is 24.2 Å². The fourth-order valence-corrected chi connectivity index (χ4v) is 2.24. The molecule has 1 saturated carbocycles. The summed E-state index contributed by atoms with van der Waals surface area (Å²) in [7, 11) is 0. The molecule has 1 aliphatic rings. The third-order valence-electron chi connectivity index (χ3n) is 3.26. The predicted molar refractivity (Wildman–Crippen MR) is 60.2 cm³/mol. The summed E-state index contributed by atoms with van der Waals surface area (Å²) >= 11 is 0. The molecule has 0 radical (unpaired) electrons. The fraction of sp³-hybridized carbons (Fsp3) is 0.538. The van der Waals surface area contributed by atoms with Crippen LogP contribution in [0.1, 0.15) is 36.8 Å². The molecule has 1 N–H and O–H groups in total. The second kappa shape index (κ2) is 4.91. The first kappa shape index (κ1) is 11.5. The highest BCUT2D eigenvalue weighted by molar-refractivity contribution is 5.25. The van der Waals surface area contributed by atoms with Crippen LogP contribution in [0.3, 0.4) is 0 Å². The number of hydrogen-bond donors (Lipinski definition) is 1. The van der Waals surface area contributed by atoms with Gasteiger partial charge >= 0.3 is 0 Å². The van der Waals surface area contributed by atoms with Crippen molar-refractivity contribution in [2.24, 2.45) is 0 Å². The first-order valence-corrected chi connectivity index (χ1v) is 5.84. The molecule has 0 aliphatic heterocycles. The summed E-state index contributed by atoms with van der Waals surface area (Å²) in [4.78, 5) is 0. The Morgan fingerprint density at radius 2 is 1.88 bits per heavy atom. The van der Waals surface area contributed by atoms with Gasteiger partial charge in [0.05, 0.1) is 0 Å². The third kappa shape index (κ3) is 2.59. The minimum absolute atomic E-state index is 0.450. The fourth-order valence-electron chi connectivity index (χ4n) is 2.24. The molecule has 1 aliphatic carbocycles. The molecule has 1 fully saturated rings. The van der Waals surface area contributed by atoms with Gasteiger partial charge < -0.3 is 5.32 Å². The number of nitrogens with one attached hydrogen (secondary N) is 1. The van der Waals surface area contributed by atoms with E-state index in [2.05, 4.69) is 5.32 Å². The molecule has 0 aromatic heterocycles. The SMILES string of the molecule is Cc1cc(CNC2CCCC2)c(F)cc1F. The van der Waals surface area contributed by atoms with Gasteiger partial charge in [0.25, 0.3) is 0 Å². The summed E-state index contributed by atoms with van der Waals surface area (Å²) in [6.07, 6.45) is 4.84. The molecule has 0 unspecified atom stereocenters. The molecule has 0 spiro atoms. The van der Waals surface area contributed by atoms with E-state index in [9.17, 15) is 8.78 Å². The normalized spacial score (nSPS) is 16.9. The molecule has 1 nitrogen and oxygen atoms in total. The molecular weight excluding hydrogens is 208 g/mol. The van der Waals surface area contributed by atoms with E-state index in [1.54, 1.807) is 13.0 Å². The van der Waals surface area contributed by atoms with Gasteiger partial charge in [-0.05, 0) is 31.4 Å². The largest absolute Gasteiger partial charge is 0.310 e. The first-order valence-electron chi connectivity index (χ1n) is 5.84. The Bertz CT molecular complexity index is 370. The Labute approximate surface area is 94.9 Å². The molecular formula is C13H17F2N. The topological polar surface area (TPSA) is 12.0 Å². The van der Waals surface area contributed by atoms with E-state index >= 15 is 0 Å². The number of halogens is 2. The molecule has 0 heterocycles. The zero-order chi connectivity index (χ0) is 11.5. The summed E-state index contributed by atoms with van der Waals surface area (Å²) in [5.41, 5.74) is 1.07. The van der Waals surface area contributed by atoms with E-state index in [0.29, 0.717) is 23.7 Å². The van der Waals surface area contributed by atoms with E-state index in [1.165, 1.54) is 25.7 Å². The lowest BCUT2D eigenvalue weighted by Crippen LogP contribution is -2.25. The summed E-state index contributed by atoms with van der Waals surface area (Å²) in [5, 5.41) is 3.32. The van der Waals surface area contributed by atoms with Crippen LogP contribution in [-0.2, 0) is 6.54 Å². The van der Waals surface area contributed by atoms with Crippen LogP contribution in [-0.4, -0.2) is 6.04 Å². The number of aryl methyl sites for hydroxylation is 1. The molecule has 88 valence electrons. The molecule has 0 bridgehead atoms. The highest BCUT2D eigenvalue weighted by Crippen LogP contribution is 2.19. The zero-order valence-electron chi connectivity index (χ0n) is 9.52. The van der Waals surface area contributed by atoms with Crippen LogP contribution in [0.4, 0.5) is 8.78 Å². The van der Waals surface area contributed by atoms with Crippen molar-refractivity contribution in [3.63, 3.8) is 0 Å². The number of hydrogen-bond acceptors (Lipinski definition) is 1. The highest BCUT2D eigenvalue weighted by Gasteiger charge is 2.15. The average molecular weight is 225 g/mol. The van der Waals surface area contributed by atoms with Gasteiger partial charge in [-0.1, -0.05) is 12.8 Å². The quantitative estimate of drug-likeness (QED) is 0.832. The molecule has 0 atom stereocenters. The van der Waals surface area contributed by atoms with Crippen molar-refractivity contribution in [1.82, 2.24) is 5.32 Å². The van der Waals surface area contributed by atoms with Gasteiger partial charge in [0.1, 0.15) is 11.6 Å². The van der Waals surface area contributed by atoms with Crippen molar-refractivity contribution >= 4 is 0 Å². The monoisotopic (exact) mass is 225 g/mol. The lowest BCUT2D eigenvalue weighted by atomic mass is 10.1. The Balaban J connectivity index is 2.00. The van der Waals surface area contributed by atoms with Gasteiger partial charge in [-0.25, -0.2) is 8.78 Å². The predicted octanol–water partition coefficient (Wildman–Crippen LogP) is 3.31. The summed E-state index contributed by atoms with van der Waals surface area (Å²) in [5.74, 6) is -0.921. The van der Waals surface area contributed by atoms with Crippen LogP contribution in [0.25, 0.3) is 0 Å². The standard InChI is InChI=1S/C13H17F2N/c1-9-6-10(13(15)7-12(9)14)8-16-11-4-2-3-5-11/h6-7,11,16H,2-5,8H2,1H3. The Morgan fingerprint density at radius 1 is 1.19 bits per heavy atom. The Hall–Kier alpha value is -0.960. The summed E-state index contributed by atoms with van der Waals surface area (Å²) in [6, 6.07) is 3.07. The average Bonchev–Trinajstić information content (AvgIpc) is 2.74. The van der Waals surface area contributed by atoms with Crippen molar-refractivity contribution in [2.45, 2.75) is 45.2 Å². The van der Waals surface area contributed by atoms with E-state index in [0.717, 1.165) is 6.07 Å². The van der Waals surface area contributed by atoms with Crippen molar-refractivity contribution in [1.29, 1.82) is 0 Å². The van der Waals surface area contributed by atoms with Gasteiger partial charge in [-0.2, -0.15) is 0 Å². The van der Waals surface area contributed by atoms with Crippen LogP contribution in [0.5, 0.6) is 0 Å². The van der Waals surface area contributed by atoms with Gasteiger partial charge in [-0.3, -0.25) is 0 Å². The lowest BCUT2D eigenvalue weighted by molar-refractivity contribution is 0.503. The lowest BCUT2D eigenvalue weighted by Gasteiger charge is -2.12. The molecule has 16 heavy (non-hydrogen) atoms. The minimum atomic E-state index is -0.470. The second-order valence-electron chi connectivity index (χ2n) is 4.56. The first-order chi connectivity index (χ1) is 7.66. The maximum absolute atomic E-state index is 13.4. The Morgan fingerprint density at radius 3 is 2.56 bits per heavy atom. The van der Waals surface area contributed by atoms with Gasteiger partial charge in [0.2, 0.25) is 0 Å². The second-order valence-corrected chi connectivity index (χ2v) is 4.56. The molecule has 3 heteroatoms. The van der Waals surface area contributed by atoms with E-state index in [1.807, 2.05) is 0 Å². The molecule has 1 aromatic rings. The maximum atomic E-state index is 13.4. The highest BCUT2D eigenvalue weighted by atomic mass is 19.1. The van der Waals surface area contributed by atoms with Crippen molar-refractivity contribution in [2.75, 3.05) is 0 Å². The molecule has 2 rings (SSSR count). The summed E-state index contributed by atoms with van der Waals surface area (Å²) < 4.78 is 26.5. The van der Waals surface area contributed by atoms with Gasteiger partial charge in [-0.15, -0.1) is 0 Å². The van der Waals surface area contributed by atoms with Crippen molar-refractivity contribution in [3.05, 3.63) is 34.9 Å². The van der Waals surface area contributed by atoms with Gasteiger partial charge in [0.15, 0.2) is 0 Å². The molecule has 0 saturated heterocycles. The third-order valence-corrected chi connectivity index (χ3v) is 3.26. The van der Waals surface area contributed by atoms with E-state index < -0.39 is 11.6 Å². The van der Waals surface area contributed by atoms with Crippen LogP contribution in [0.2, 0.25) is 0 Å². The molecule has 0 amide bonds. The van der Waals surface area contributed by atoms with E-state index in [4.69, 9.17) is 0 Å². The van der Waals surface area contributed by atoms with E-state index in [-0.39, 0.29) is 0 Å². The molecule has 1 aromatic carbocycles. The van der Waals surface area contributed by atoms with Crippen LogP contribution in [0, 0.1) is 18.6 Å². The number of benzene rings is 1. The van der Waals surface area contributed by atoms with Crippen molar-refractivity contribution < 1.29 is 8.78 Å². The van der Waals surface area contributed by atoms with Crippen LogP contribution in [0.15, 0.2) is 12.1 Å². The van der Waals surface area contributed by atoms with Crippen molar-refractivity contribution in [3.8, 4) is 0 Å². The Kier molecular flexibility index (Phi) is 3.54. The summed E-state index contributed by atoms with van der Waals surface area (Å²) in [6.45, 7) is 2.16. The zero-order valence-corrected chi connectivity index (χ0v) is 9.52. The van der Waals surface area contributed by atoms with Crippen LogP contribution < -0.4 is 5.32 Å². The van der Waals surface area contributed by atoms with Crippen LogP contribution >= 0.6 is 0 Å². The minimum Gasteiger partial charge on any atom is -0.310 e.